The van der Waals surface area contributed by atoms with E-state index in [1.165, 1.54) is 10.9 Å². The van der Waals surface area contributed by atoms with Crippen molar-refractivity contribution in [2.75, 3.05) is 5.32 Å². The number of aromatic amines is 1. The lowest BCUT2D eigenvalue weighted by molar-refractivity contribution is 0.102. The van der Waals surface area contributed by atoms with E-state index < -0.39 is 0 Å². The summed E-state index contributed by atoms with van der Waals surface area (Å²) in [7, 11) is 0. The van der Waals surface area contributed by atoms with Gasteiger partial charge < -0.3 is 10.3 Å². The molecule has 2 aromatic carbocycles. The summed E-state index contributed by atoms with van der Waals surface area (Å²) < 4.78 is 0. The molecule has 2 N–H and O–H groups in total. The highest BCUT2D eigenvalue weighted by Gasteiger charge is 2.17. The number of carbonyl (C=O) groups is 1. The van der Waals surface area contributed by atoms with Crippen LogP contribution in [0.2, 0.25) is 0 Å². The zero-order valence-electron chi connectivity index (χ0n) is 17.7. The maximum absolute atomic E-state index is 12.9. The van der Waals surface area contributed by atoms with Crippen molar-refractivity contribution >= 4 is 11.6 Å². The number of carbonyl (C=O) groups excluding carboxylic acids is 1. The average Bonchev–Trinajstić information content (AvgIpc) is 3.09. The van der Waals surface area contributed by atoms with Crippen molar-refractivity contribution in [1.82, 2.24) is 25.0 Å². The summed E-state index contributed by atoms with van der Waals surface area (Å²) in [4.78, 5) is 33.2. The second-order valence-corrected chi connectivity index (χ2v) is 7.48. The molecule has 8 heteroatoms. The lowest BCUT2D eigenvalue weighted by Crippen LogP contribution is -2.14. The molecule has 0 bridgehead atoms. The minimum atomic E-state index is -0.364. The van der Waals surface area contributed by atoms with Crippen LogP contribution < -0.4 is 10.9 Å². The van der Waals surface area contributed by atoms with E-state index in [0.717, 1.165) is 16.8 Å². The average molecular weight is 414 g/mol. The first-order valence-corrected chi connectivity index (χ1v) is 9.81. The second-order valence-electron chi connectivity index (χ2n) is 7.48. The Hall–Kier alpha value is -4.07. The van der Waals surface area contributed by atoms with E-state index in [-0.39, 0.29) is 17.2 Å². The number of benzene rings is 2. The third-order valence-electron chi connectivity index (χ3n) is 4.83. The zero-order chi connectivity index (χ0) is 22.1. The molecule has 2 heterocycles. The van der Waals surface area contributed by atoms with Gasteiger partial charge in [-0.05, 0) is 51.5 Å². The molecule has 1 amide bonds. The van der Waals surface area contributed by atoms with Crippen LogP contribution in [0.1, 0.15) is 33.0 Å². The molecule has 0 saturated carbocycles. The van der Waals surface area contributed by atoms with E-state index >= 15 is 0 Å². The fourth-order valence-corrected chi connectivity index (χ4v) is 3.38. The molecule has 0 aliphatic carbocycles. The lowest BCUT2D eigenvalue weighted by atomic mass is 10.1. The number of nitrogens with one attached hydrogen (secondary N) is 2. The Morgan fingerprint density at radius 2 is 1.81 bits per heavy atom. The molecule has 0 fully saturated rings. The first-order chi connectivity index (χ1) is 14.8. The maximum atomic E-state index is 12.9. The van der Waals surface area contributed by atoms with Gasteiger partial charge in [-0.3, -0.25) is 9.59 Å². The fourth-order valence-electron chi connectivity index (χ4n) is 3.38. The van der Waals surface area contributed by atoms with Crippen molar-refractivity contribution < 1.29 is 4.79 Å². The van der Waals surface area contributed by atoms with Crippen LogP contribution in [-0.4, -0.2) is 30.9 Å². The standard InChI is InChI=1S/C23H22N6O2/c1-13-8-9-19(14(2)10-13)29-27-16(4)21(28-29)23(31)25-18-7-5-6-17(12-18)22-24-15(3)11-20(30)26-22/h5-12H,1-4H3,(H,25,31)(H,24,26,30). The number of rotatable bonds is 4. The Labute approximate surface area is 179 Å². The summed E-state index contributed by atoms with van der Waals surface area (Å²) in [6.07, 6.45) is 0. The number of aryl methyl sites for hydroxylation is 4. The number of hydrogen-bond donors (Lipinski definition) is 2. The summed E-state index contributed by atoms with van der Waals surface area (Å²) in [6, 6.07) is 14.5. The second kappa shape index (κ2) is 7.98. The predicted octanol–water partition coefficient (Wildman–Crippen LogP) is 3.50. The minimum Gasteiger partial charge on any atom is -0.321 e. The van der Waals surface area contributed by atoms with Crippen molar-refractivity contribution in [2.24, 2.45) is 0 Å². The number of hydrogen-bond acceptors (Lipinski definition) is 5. The van der Waals surface area contributed by atoms with Gasteiger partial charge in [0.05, 0.1) is 11.4 Å². The van der Waals surface area contributed by atoms with Crippen LogP contribution in [0.15, 0.2) is 53.3 Å². The van der Waals surface area contributed by atoms with Crippen molar-refractivity contribution in [1.29, 1.82) is 0 Å². The van der Waals surface area contributed by atoms with Crippen molar-refractivity contribution in [3.05, 3.63) is 87.1 Å². The third-order valence-corrected chi connectivity index (χ3v) is 4.83. The fraction of sp³-hybridized carbons (Fsp3) is 0.174. The molecule has 0 radical (unpaired) electrons. The van der Waals surface area contributed by atoms with Crippen LogP contribution in [0.5, 0.6) is 0 Å². The van der Waals surface area contributed by atoms with Crippen LogP contribution in [0, 0.1) is 27.7 Å². The summed E-state index contributed by atoms with van der Waals surface area (Å²) in [5.41, 5.74) is 5.40. The topological polar surface area (TPSA) is 106 Å². The summed E-state index contributed by atoms with van der Waals surface area (Å²) in [6.45, 7) is 7.51. The largest absolute Gasteiger partial charge is 0.321 e. The molecule has 0 spiro atoms. The SMILES string of the molecule is Cc1ccc(-n2nc(C)c(C(=O)Nc3cccc(-c4nc(C)cc(=O)[nH]4)c3)n2)c(C)c1. The molecule has 0 unspecified atom stereocenters. The van der Waals surface area contributed by atoms with E-state index in [4.69, 9.17) is 0 Å². The van der Waals surface area contributed by atoms with E-state index in [2.05, 4.69) is 25.5 Å². The van der Waals surface area contributed by atoms with E-state index in [1.54, 1.807) is 32.0 Å². The summed E-state index contributed by atoms with van der Waals surface area (Å²) >= 11 is 0. The molecule has 0 atom stereocenters. The highest BCUT2D eigenvalue weighted by molar-refractivity contribution is 6.03. The molecule has 31 heavy (non-hydrogen) atoms. The molecular formula is C23H22N6O2. The molecule has 4 aromatic rings. The summed E-state index contributed by atoms with van der Waals surface area (Å²) in [5, 5.41) is 11.7. The van der Waals surface area contributed by atoms with Crippen molar-refractivity contribution in [3.8, 4) is 17.1 Å². The quantitative estimate of drug-likeness (QED) is 0.532. The van der Waals surface area contributed by atoms with Crippen molar-refractivity contribution in [2.45, 2.75) is 27.7 Å². The van der Waals surface area contributed by atoms with Crippen LogP contribution in [0.25, 0.3) is 17.1 Å². The van der Waals surface area contributed by atoms with Gasteiger partial charge in [0.25, 0.3) is 11.5 Å². The Kier molecular flexibility index (Phi) is 5.21. The monoisotopic (exact) mass is 414 g/mol. The van der Waals surface area contributed by atoms with Gasteiger partial charge in [-0.25, -0.2) is 4.98 Å². The highest BCUT2D eigenvalue weighted by atomic mass is 16.2. The number of H-pyrrole nitrogens is 1. The van der Waals surface area contributed by atoms with E-state index in [0.29, 0.717) is 28.5 Å². The maximum Gasteiger partial charge on any atom is 0.278 e. The van der Waals surface area contributed by atoms with Gasteiger partial charge in [0.15, 0.2) is 5.69 Å². The van der Waals surface area contributed by atoms with Gasteiger partial charge >= 0.3 is 0 Å². The molecular weight excluding hydrogens is 392 g/mol. The Morgan fingerprint density at radius 3 is 2.55 bits per heavy atom. The summed E-state index contributed by atoms with van der Waals surface area (Å²) in [5.74, 6) is 0.0782. The van der Waals surface area contributed by atoms with Gasteiger partial charge in [0.2, 0.25) is 0 Å². The van der Waals surface area contributed by atoms with Crippen LogP contribution in [0.3, 0.4) is 0 Å². The normalized spacial score (nSPS) is 10.8. The van der Waals surface area contributed by atoms with Gasteiger partial charge in [0.1, 0.15) is 5.82 Å². The molecule has 0 saturated heterocycles. The third kappa shape index (κ3) is 4.28. The van der Waals surface area contributed by atoms with E-state index in [1.807, 2.05) is 38.1 Å². The van der Waals surface area contributed by atoms with Gasteiger partial charge in [-0.15, -0.1) is 5.10 Å². The smallest absolute Gasteiger partial charge is 0.278 e. The lowest BCUT2D eigenvalue weighted by Gasteiger charge is -2.07. The van der Waals surface area contributed by atoms with Crippen LogP contribution >= 0.6 is 0 Å². The molecule has 156 valence electrons. The van der Waals surface area contributed by atoms with Crippen LogP contribution in [-0.2, 0) is 0 Å². The zero-order valence-corrected chi connectivity index (χ0v) is 17.7. The number of amides is 1. The predicted molar refractivity (Wildman–Crippen MR) is 119 cm³/mol. The first kappa shape index (κ1) is 20.2. The van der Waals surface area contributed by atoms with Gasteiger partial charge in [-0.1, -0.05) is 29.8 Å². The minimum absolute atomic E-state index is 0.226. The Bertz CT molecular complexity index is 1350. The van der Waals surface area contributed by atoms with Crippen LogP contribution in [0.4, 0.5) is 5.69 Å². The Morgan fingerprint density at radius 1 is 1.00 bits per heavy atom. The molecule has 0 aliphatic rings. The number of aromatic nitrogens is 5. The molecule has 0 aliphatic heterocycles. The molecule has 8 nitrogen and oxygen atoms in total. The number of anilines is 1. The van der Waals surface area contributed by atoms with Gasteiger partial charge in [0, 0.05) is 23.0 Å². The van der Waals surface area contributed by atoms with E-state index in [9.17, 15) is 9.59 Å². The molecule has 2 aromatic heterocycles. The highest BCUT2D eigenvalue weighted by Crippen LogP contribution is 2.20. The number of nitrogens with zero attached hydrogens (tertiary/aromatic N) is 4. The first-order valence-electron chi connectivity index (χ1n) is 9.81. The Balaban J connectivity index is 1.60. The van der Waals surface area contributed by atoms with Gasteiger partial charge in [-0.2, -0.15) is 9.90 Å². The van der Waals surface area contributed by atoms with Crippen molar-refractivity contribution in [3.63, 3.8) is 0 Å². The molecule has 4 rings (SSSR count).